The highest BCUT2D eigenvalue weighted by atomic mass is 35.5. The van der Waals surface area contributed by atoms with E-state index in [1.165, 1.54) is 19.2 Å². The summed E-state index contributed by atoms with van der Waals surface area (Å²) in [5, 5.41) is 11.3. The first-order valence-electron chi connectivity index (χ1n) is 6.64. The fourth-order valence-electron chi connectivity index (χ4n) is 1.69. The van der Waals surface area contributed by atoms with Crippen LogP contribution in [0.4, 0.5) is 5.69 Å². The number of benzene rings is 1. The summed E-state index contributed by atoms with van der Waals surface area (Å²) in [6, 6.07) is 11.3. The van der Waals surface area contributed by atoms with Crippen molar-refractivity contribution in [3.8, 4) is 6.07 Å². The topological polar surface area (TPSA) is 92.1 Å². The summed E-state index contributed by atoms with van der Waals surface area (Å²) < 4.78 is 5.07. The second-order valence-corrected chi connectivity index (χ2v) is 4.93. The van der Waals surface area contributed by atoms with Gasteiger partial charge < -0.3 is 10.1 Å². The molecule has 0 fully saturated rings. The number of carbonyl (C=O) groups is 2. The molecule has 0 saturated heterocycles. The van der Waals surface area contributed by atoms with Gasteiger partial charge in [0, 0.05) is 11.9 Å². The van der Waals surface area contributed by atoms with Crippen LogP contribution in [0.1, 0.15) is 22.8 Å². The molecule has 0 spiro atoms. The Kier molecular flexibility index (Phi) is 5.28. The van der Waals surface area contributed by atoms with Crippen molar-refractivity contribution in [3.05, 3.63) is 58.9 Å². The number of nitrogens with one attached hydrogen (secondary N) is 1. The fraction of sp³-hybridized carbons (Fsp3) is 0.125. The molecule has 1 aromatic heterocycles. The molecule has 0 bridgehead atoms. The predicted octanol–water partition coefficient (Wildman–Crippen LogP) is 2.79. The van der Waals surface area contributed by atoms with Crippen LogP contribution < -0.4 is 5.32 Å². The molecule has 23 heavy (non-hydrogen) atoms. The van der Waals surface area contributed by atoms with Crippen LogP contribution in [0, 0.1) is 11.3 Å². The number of hydrogen-bond acceptors (Lipinski definition) is 5. The van der Waals surface area contributed by atoms with E-state index in [4.69, 9.17) is 21.6 Å². The highest BCUT2D eigenvalue weighted by Gasteiger charge is 2.20. The number of halogens is 1. The SMILES string of the molecule is C[C@@H](OC(=O)c1cccnc1Cl)C(=O)Nc1ccc(C#N)cc1. The van der Waals surface area contributed by atoms with Crippen LogP contribution >= 0.6 is 11.6 Å². The minimum Gasteiger partial charge on any atom is -0.449 e. The van der Waals surface area contributed by atoms with Crippen molar-refractivity contribution in [1.82, 2.24) is 4.98 Å². The van der Waals surface area contributed by atoms with Crippen LogP contribution in [0.2, 0.25) is 5.15 Å². The number of nitriles is 1. The number of aromatic nitrogens is 1. The first-order chi connectivity index (χ1) is 11.0. The highest BCUT2D eigenvalue weighted by molar-refractivity contribution is 6.32. The van der Waals surface area contributed by atoms with Crippen molar-refractivity contribution >= 4 is 29.2 Å². The molecule has 1 atom stereocenters. The largest absolute Gasteiger partial charge is 0.449 e. The number of carbonyl (C=O) groups excluding carboxylic acids is 2. The lowest BCUT2D eigenvalue weighted by molar-refractivity contribution is -0.123. The Morgan fingerprint density at radius 1 is 1.30 bits per heavy atom. The van der Waals surface area contributed by atoms with Crippen LogP contribution in [0.25, 0.3) is 0 Å². The summed E-state index contributed by atoms with van der Waals surface area (Å²) in [6.45, 7) is 1.45. The van der Waals surface area contributed by atoms with E-state index in [9.17, 15) is 9.59 Å². The monoisotopic (exact) mass is 329 g/mol. The van der Waals surface area contributed by atoms with Crippen LogP contribution in [-0.2, 0) is 9.53 Å². The molecule has 1 aromatic carbocycles. The molecular formula is C16H12ClN3O3. The van der Waals surface area contributed by atoms with Crippen molar-refractivity contribution in [1.29, 1.82) is 5.26 Å². The molecule has 1 amide bonds. The summed E-state index contributed by atoms with van der Waals surface area (Å²) in [7, 11) is 0. The molecule has 2 rings (SSSR count). The van der Waals surface area contributed by atoms with Gasteiger partial charge in [0.2, 0.25) is 0 Å². The van der Waals surface area contributed by atoms with Gasteiger partial charge in [0.05, 0.1) is 17.2 Å². The average Bonchev–Trinajstić information content (AvgIpc) is 2.55. The fourth-order valence-corrected chi connectivity index (χ4v) is 1.88. The van der Waals surface area contributed by atoms with Crippen molar-refractivity contribution < 1.29 is 14.3 Å². The lowest BCUT2D eigenvalue weighted by Gasteiger charge is -2.13. The van der Waals surface area contributed by atoms with Gasteiger partial charge in [-0.25, -0.2) is 9.78 Å². The van der Waals surface area contributed by atoms with Gasteiger partial charge in [-0.2, -0.15) is 5.26 Å². The summed E-state index contributed by atoms with van der Waals surface area (Å²) in [6.07, 6.45) is 0.426. The molecule has 0 aliphatic heterocycles. The zero-order valence-corrected chi connectivity index (χ0v) is 12.9. The van der Waals surface area contributed by atoms with Gasteiger partial charge in [-0.1, -0.05) is 11.6 Å². The molecule has 2 aromatic rings. The Labute approximate surface area is 137 Å². The van der Waals surface area contributed by atoms with Crippen LogP contribution in [0.5, 0.6) is 0 Å². The Hall–Kier alpha value is -2.91. The third-order valence-corrected chi connectivity index (χ3v) is 3.21. The third kappa shape index (κ3) is 4.28. The number of amides is 1. The number of nitrogens with zero attached hydrogens (tertiary/aromatic N) is 2. The van der Waals surface area contributed by atoms with Crippen LogP contribution in [0.3, 0.4) is 0 Å². The molecule has 6 nitrogen and oxygen atoms in total. The Bertz CT molecular complexity index is 769. The number of ether oxygens (including phenoxy) is 1. The molecule has 0 aliphatic carbocycles. The quantitative estimate of drug-likeness (QED) is 0.687. The van der Waals surface area contributed by atoms with Crippen LogP contribution in [-0.4, -0.2) is 23.0 Å². The van der Waals surface area contributed by atoms with Gasteiger partial charge >= 0.3 is 5.97 Å². The number of anilines is 1. The molecule has 1 N–H and O–H groups in total. The lowest BCUT2D eigenvalue weighted by Crippen LogP contribution is -2.30. The minimum absolute atomic E-state index is 0.0113. The maximum atomic E-state index is 12.0. The van der Waals surface area contributed by atoms with Crippen molar-refractivity contribution in [2.75, 3.05) is 5.32 Å². The molecule has 116 valence electrons. The molecule has 0 aliphatic rings. The summed E-state index contributed by atoms with van der Waals surface area (Å²) in [4.78, 5) is 27.7. The van der Waals surface area contributed by atoms with E-state index < -0.39 is 18.0 Å². The van der Waals surface area contributed by atoms with Crippen molar-refractivity contribution in [2.24, 2.45) is 0 Å². The molecule has 0 radical (unpaired) electrons. The zero-order valence-electron chi connectivity index (χ0n) is 12.1. The van der Waals surface area contributed by atoms with Crippen molar-refractivity contribution in [2.45, 2.75) is 13.0 Å². The van der Waals surface area contributed by atoms with E-state index in [0.29, 0.717) is 11.3 Å². The van der Waals surface area contributed by atoms with E-state index in [-0.39, 0.29) is 10.7 Å². The molecule has 0 saturated carbocycles. The van der Waals surface area contributed by atoms with Gasteiger partial charge in [-0.15, -0.1) is 0 Å². The van der Waals surface area contributed by atoms with E-state index in [2.05, 4.69) is 10.3 Å². The first kappa shape index (κ1) is 16.5. The van der Waals surface area contributed by atoms with E-state index in [0.717, 1.165) is 0 Å². The smallest absolute Gasteiger partial charge is 0.342 e. The molecular weight excluding hydrogens is 318 g/mol. The number of rotatable bonds is 4. The van der Waals surface area contributed by atoms with Gasteiger partial charge in [-0.05, 0) is 43.3 Å². The van der Waals surface area contributed by atoms with E-state index in [1.807, 2.05) is 6.07 Å². The minimum atomic E-state index is -1.02. The number of esters is 1. The number of hydrogen-bond donors (Lipinski definition) is 1. The maximum absolute atomic E-state index is 12.0. The summed E-state index contributed by atoms with van der Waals surface area (Å²) >= 11 is 5.80. The van der Waals surface area contributed by atoms with Gasteiger partial charge in [0.15, 0.2) is 6.10 Å². The summed E-state index contributed by atoms with van der Waals surface area (Å²) in [5.74, 6) is -1.23. The normalized spacial score (nSPS) is 11.2. The molecule has 7 heteroatoms. The third-order valence-electron chi connectivity index (χ3n) is 2.91. The standard InChI is InChI=1S/C16H12ClN3O3/c1-10(23-16(22)13-3-2-8-19-14(13)17)15(21)20-12-6-4-11(9-18)5-7-12/h2-8,10H,1H3,(H,20,21)/t10-/m1/s1. The van der Waals surface area contributed by atoms with Gasteiger partial charge in [0.25, 0.3) is 5.91 Å². The molecule has 1 heterocycles. The summed E-state index contributed by atoms with van der Waals surface area (Å²) in [5.41, 5.74) is 1.07. The zero-order chi connectivity index (χ0) is 16.8. The predicted molar refractivity (Wildman–Crippen MR) is 83.9 cm³/mol. The van der Waals surface area contributed by atoms with E-state index >= 15 is 0 Å². The second kappa shape index (κ2) is 7.38. The maximum Gasteiger partial charge on any atom is 0.342 e. The molecule has 0 unspecified atom stereocenters. The second-order valence-electron chi connectivity index (χ2n) is 4.57. The first-order valence-corrected chi connectivity index (χ1v) is 7.01. The number of pyridine rings is 1. The van der Waals surface area contributed by atoms with Gasteiger partial charge in [-0.3, -0.25) is 4.79 Å². The van der Waals surface area contributed by atoms with E-state index in [1.54, 1.807) is 30.3 Å². The lowest BCUT2D eigenvalue weighted by atomic mass is 10.2. The van der Waals surface area contributed by atoms with Crippen LogP contribution in [0.15, 0.2) is 42.6 Å². The Morgan fingerprint density at radius 2 is 2.00 bits per heavy atom. The van der Waals surface area contributed by atoms with Gasteiger partial charge in [0.1, 0.15) is 5.15 Å². The highest BCUT2D eigenvalue weighted by Crippen LogP contribution is 2.14. The van der Waals surface area contributed by atoms with Crippen molar-refractivity contribution in [3.63, 3.8) is 0 Å². The Balaban J connectivity index is 1.98. The average molecular weight is 330 g/mol. The Morgan fingerprint density at radius 3 is 2.61 bits per heavy atom.